The molecule has 0 aliphatic rings. The molecule has 0 bridgehead atoms. The fourth-order valence-corrected chi connectivity index (χ4v) is 1.74. The molecule has 0 aliphatic carbocycles. The number of hydrogen-bond acceptors (Lipinski definition) is 6. The Balaban J connectivity index is -0.000000117. The molecule has 0 fully saturated rings. The van der Waals surface area contributed by atoms with Crippen LogP contribution in [0, 0.1) is 22.7 Å². The number of aliphatic hydroxyl groups is 2. The molecule has 0 amide bonds. The van der Waals surface area contributed by atoms with Crippen molar-refractivity contribution in [3.05, 3.63) is 0 Å². The third kappa shape index (κ3) is 23.9. The van der Waals surface area contributed by atoms with Crippen molar-refractivity contribution in [2.24, 2.45) is 22.7 Å². The first-order valence-corrected chi connectivity index (χ1v) is 11.0. The molecule has 0 aromatic rings. The van der Waals surface area contributed by atoms with E-state index < -0.39 is 34.6 Å². The van der Waals surface area contributed by atoms with Crippen LogP contribution < -0.4 is 0 Å². The van der Waals surface area contributed by atoms with Crippen molar-refractivity contribution in [2.75, 3.05) is 0 Å². The Morgan fingerprint density at radius 1 is 0.606 bits per heavy atom. The molecule has 0 radical (unpaired) electrons. The number of aliphatic hydroxyl groups excluding tert-OH is 2. The van der Waals surface area contributed by atoms with E-state index >= 15 is 0 Å². The third-order valence-corrected chi connectivity index (χ3v) is 4.63. The van der Waals surface area contributed by atoms with Gasteiger partial charge in [0, 0.05) is 44.8 Å². The minimum Gasteiger partial charge on any atom is -0.481 e. The number of carbonyl (C=O) groups excluding carboxylic acids is 2. The maximum absolute atomic E-state index is 11.5. The molecule has 8 nitrogen and oxygen atoms in total. The SMILES string of the molecule is CC(C)O.CC(C)O.CCC(C)(C)C(=O)C(C)C(=O)O.CCC(C)(C)C(=O)C(C)C(=O)O.[Ti]. The van der Waals surface area contributed by atoms with Crippen LogP contribution in [0.3, 0.4) is 0 Å². The van der Waals surface area contributed by atoms with Crippen LogP contribution in [-0.4, -0.2) is 56.1 Å². The molecule has 0 aliphatic heterocycles. The predicted octanol–water partition coefficient (Wildman–Crippen LogP) is 4.20. The van der Waals surface area contributed by atoms with Crippen LogP contribution in [0.1, 0.15) is 95.9 Å². The van der Waals surface area contributed by atoms with Gasteiger partial charge in [0.2, 0.25) is 0 Å². The van der Waals surface area contributed by atoms with Gasteiger partial charge in [0.25, 0.3) is 0 Å². The predicted molar refractivity (Wildman–Crippen MR) is 126 cm³/mol. The molecule has 4 N–H and O–H groups in total. The molecule has 0 saturated heterocycles. The van der Waals surface area contributed by atoms with E-state index in [1.807, 2.05) is 13.8 Å². The van der Waals surface area contributed by atoms with Gasteiger partial charge in [-0.05, 0) is 54.4 Å². The molecule has 0 rings (SSSR count). The van der Waals surface area contributed by atoms with Crippen LogP contribution in [0.2, 0.25) is 0 Å². The summed E-state index contributed by atoms with van der Waals surface area (Å²) in [5.41, 5.74) is -1.03. The Hall–Kier alpha value is -1.09. The molecular formula is C24H48O8Ti. The Kier molecular flexibility index (Phi) is 25.9. The molecule has 9 heteroatoms. The molecular weight excluding hydrogens is 464 g/mol. The Morgan fingerprint density at radius 3 is 0.848 bits per heavy atom. The van der Waals surface area contributed by atoms with Gasteiger partial charge in [-0.3, -0.25) is 19.2 Å². The number of carboxylic acids is 2. The first kappa shape index (κ1) is 42.1. The molecule has 33 heavy (non-hydrogen) atoms. The number of rotatable bonds is 8. The Labute approximate surface area is 215 Å². The van der Waals surface area contributed by atoms with E-state index in [0.29, 0.717) is 12.8 Å². The number of ketones is 2. The minimum atomic E-state index is -1.04. The monoisotopic (exact) mass is 512 g/mol. The van der Waals surface area contributed by atoms with Crippen LogP contribution >= 0.6 is 0 Å². The normalized spacial score (nSPS) is 12.4. The van der Waals surface area contributed by atoms with Crippen LogP contribution in [0.5, 0.6) is 0 Å². The van der Waals surface area contributed by atoms with E-state index in [-0.39, 0.29) is 45.5 Å². The first-order valence-electron chi connectivity index (χ1n) is 11.0. The number of carboxylic acid groups (broad SMARTS) is 2. The van der Waals surface area contributed by atoms with E-state index in [2.05, 4.69) is 0 Å². The van der Waals surface area contributed by atoms with E-state index in [1.54, 1.807) is 55.4 Å². The number of hydrogen-bond donors (Lipinski definition) is 4. The van der Waals surface area contributed by atoms with Crippen LogP contribution in [-0.2, 0) is 40.9 Å². The van der Waals surface area contributed by atoms with Gasteiger partial charge in [-0.1, -0.05) is 41.5 Å². The summed E-state index contributed by atoms with van der Waals surface area (Å²) < 4.78 is 0. The number of aliphatic carboxylic acids is 2. The summed E-state index contributed by atoms with van der Waals surface area (Å²) in [5, 5.41) is 33.3. The Bertz CT molecular complexity index is 513. The summed E-state index contributed by atoms with van der Waals surface area (Å²) in [5.74, 6) is -4.25. The largest absolute Gasteiger partial charge is 0.481 e. The molecule has 0 heterocycles. The zero-order valence-corrected chi connectivity index (χ0v) is 24.2. The van der Waals surface area contributed by atoms with Gasteiger partial charge in [0.05, 0.1) is 0 Å². The molecule has 0 saturated carbocycles. The average Bonchev–Trinajstić information content (AvgIpc) is 2.64. The van der Waals surface area contributed by atoms with E-state index in [9.17, 15) is 19.2 Å². The first-order chi connectivity index (χ1) is 14.1. The second-order valence-corrected chi connectivity index (χ2v) is 9.51. The van der Waals surface area contributed by atoms with Crippen molar-refractivity contribution in [3.63, 3.8) is 0 Å². The summed E-state index contributed by atoms with van der Waals surface area (Å²) in [7, 11) is 0. The molecule has 2 unspecified atom stereocenters. The quantitative estimate of drug-likeness (QED) is 0.279. The maximum atomic E-state index is 11.5. The van der Waals surface area contributed by atoms with E-state index in [4.69, 9.17) is 20.4 Å². The van der Waals surface area contributed by atoms with Gasteiger partial charge >= 0.3 is 11.9 Å². The molecule has 196 valence electrons. The van der Waals surface area contributed by atoms with Gasteiger partial charge in [0.1, 0.15) is 11.8 Å². The fourth-order valence-electron chi connectivity index (χ4n) is 1.74. The summed E-state index contributed by atoms with van der Waals surface area (Å²) in [6.07, 6.45) is 1.01. The second kappa shape index (κ2) is 20.3. The standard InChI is InChI=1S/2C9H16O3.2C3H8O.Ti/c2*1-5-9(3,4)7(10)6(2)8(11)12;2*1-3(2)4;/h2*6H,5H2,1-4H3,(H,11,12);2*3-4H,1-2H3;. The Morgan fingerprint density at radius 2 is 0.758 bits per heavy atom. The van der Waals surface area contributed by atoms with Crippen LogP contribution in [0.4, 0.5) is 0 Å². The maximum Gasteiger partial charge on any atom is 0.313 e. The molecule has 0 aromatic carbocycles. The van der Waals surface area contributed by atoms with Gasteiger partial charge in [-0.25, -0.2) is 0 Å². The summed E-state index contributed by atoms with van der Waals surface area (Å²) in [6.45, 7) is 20.6. The van der Waals surface area contributed by atoms with Gasteiger partial charge in [-0.15, -0.1) is 0 Å². The summed E-state index contributed by atoms with van der Waals surface area (Å²) in [6, 6.07) is 0. The van der Waals surface area contributed by atoms with E-state index in [0.717, 1.165) is 0 Å². The van der Waals surface area contributed by atoms with Gasteiger partial charge in [0.15, 0.2) is 11.6 Å². The number of carbonyl (C=O) groups is 4. The van der Waals surface area contributed by atoms with Crippen molar-refractivity contribution in [1.82, 2.24) is 0 Å². The van der Waals surface area contributed by atoms with Crippen molar-refractivity contribution < 1.29 is 61.3 Å². The average molecular weight is 513 g/mol. The third-order valence-electron chi connectivity index (χ3n) is 4.63. The smallest absolute Gasteiger partial charge is 0.313 e. The van der Waals surface area contributed by atoms with Gasteiger partial charge < -0.3 is 20.4 Å². The zero-order valence-electron chi connectivity index (χ0n) is 22.6. The topological polar surface area (TPSA) is 149 Å². The van der Waals surface area contributed by atoms with Crippen molar-refractivity contribution in [3.8, 4) is 0 Å². The van der Waals surface area contributed by atoms with Crippen molar-refractivity contribution >= 4 is 23.5 Å². The van der Waals surface area contributed by atoms with Crippen LogP contribution in [0.15, 0.2) is 0 Å². The summed E-state index contributed by atoms with van der Waals surface area (Å²) >= 11 is 0. The van der Waals surface area contributed by atoms with Crippen molar-refractivity contribution in [2.45, 2.75) is 108 Å². The molecule has 0 spiro atoms. The number of Topliss-reactive ketones (excluding diaryl/α,β-unsaturated/α-hetero) is 2. The van der Waals surface area contributed by atoms with Crippen LogP contribution in [0.25, 0.3) is 0 Å². The van der Waals surface area contributed by atoms with Crippen molar-refractivity contribution in [1.29, 1.82) is 0 Å². The fraction of sp³-hybridized carbons (Fsp3) is 0.833. The molecule has 0 aromatic heterocycles. The molecule has 2 atom stereocenters. The van der Waals surface area contributed by atoms with E-state index in [1.165, 1.54) is 13.8 Å². The zero-order chi connectivity index (χ0) is 27.0. The van der Waals surface area contributed by atoms with Gasteiger partial charge in [-0.2, -0.15) is 0 Å². The summed E-state index contributed by atoms with van der Waals surface area (Å²) in [4.78, 5) is 43.9. The second-order valence-electron chi connectivity index (χ2n) is 9.51. The minimum absolute atomic E-state index is 0.